The summed E-state index contributed by atoms with van der Waals surface area (Å²) in [6, 6.07) is 28.2. The topological polar surface area (TPSA) is 49.6 Å². The van der Waals surface area contributed by atoms with Gasteiger partial charge in [-0.2, -0.15) is 0 Å². The number of piperazine rings is 1. The van der Waals surface area contributed by atoms with Crippen molar-refractivity contribution in [1.82, 2.24) is 9.80 Å². The van der Waals surface area contributed by atoms with Crippen LogP contribution in [0, 0.1) is 0 Å². The van der Waals surface area contributed by atoms with Crippen molar-refractivity contribution >= 4 is 17.5 Å². The largest absolute Gasteiger partial charge is 0.368 e. The van der Waals surface area contributed by atoms with E-state index in [1.807, 2.05) is 48.5 Å². The summed E-state index contributed by atoms with van der Waals surface area (Å²) < 4.78 is 0. The van der Waals surface area contributed by atoms with Gasteiger partial charge in [0.1, 0.15) is 6.04 Å². The maximum atomic E-state index is 12.2. The molecule has 1 aliphatic rings. The quantitative estimate of drug-likeness (QED) is 0.649. The third-order valence-corrected chi connectivity index (χ3v) is 6.02. The number of carbonyl (C=O) groups excluding carboxylic acids is 1. The van der Waals surface area contributed by atoms with E-state index in [2.05, 4.69) is 46.2 Å². The maximum absolute atomic E-state index is 12.2. The number of benzene rings is 3. The first-order chi connectivity index (χ1) is 14.6. The minimum Gasteiger partial charge on any atom is -0.368 e. The molecule has 154 valence electrons. The van der Waals surface area contributed by atoms with Crippen molar-refractivity contribution in [3.05, 3.63) is 107 Å². The molecule has 2 N–H and O–H groups in total. The van der Waals surface area contributed by atoms with E-state index >= 15 is 0 Å². The Labute approximate surface area is 182 Å². The van der Waals surface area contributed by atoms with Gasteiger partial charge in [0.15, 0.2) is 0 Å². The molecule has 0 spiro atoms. The zero-order valence-electron chi connectivity index (χ0n) is 16.8. The summed E-state index contributed by atoms with van der Waals surface area (Å²) in [5.41, 5.74) is 9.21. The third-order valence-electron chi connectivity index (χ3n) is 5.77. The molecule has 0 aromatic heterocycles. The zero-order chi connectivity index (χ0) is 20.9. The van der Waals surface area contributed by atoms with Gasteiger partial charge in [-0.1, -0.05) is 84.4 Å². The molecule has 3 aromatic carbocycles. The van der Waals surface area contributed by atoms with Crippen LogP contribution in [-0.4, -0.2) is 41.9 Å². The van der Waals surface area contributed by atoms with Crippen molar-refractivity contribution in [2.24, 2.45) is 5.73 Å². The van der Waals surface area contributed by atoms with Crippen LogP contribution in [0.5, 0.6) is 0 Å². The predicted molar refractivity (Wildman–Crippen MR) is 121 cm³/mol. The van der Waals surface area contributed by atoms with Crippen LogP contribution in [0.1, 0.15) is 28.8 Å². The fraction of sp³-hybridized carbons (Fsp3) is 0.240. The number of hydrogen-bond acceptors (Lipinski definition) is 3. The highest BCUT2D eigenvalue weighted by Gasteiger charge is 2.32. The zero-order valence-corrected chi connectivity index (χ0v) is 17.6. The molecule has 1 heterocycles. The lowest BCUT2D eigenvalue weighted by Crippen LogP contribution is -2.51. The Hall–Kier alpha value is -2.66. The monoisotopic (exact) mass is 419 g/mol. The SMILES string of the molecule is NC(=O)C(c1ccccc1)N1CCN(C(c2ccccc2)c2ccc(Cl)cc2)CC1. The summed E-state index contributed by atoms with van der Waals surface area (Å²) in [5, 5.41) is 0.738. The molecule has 1 aliphatic heterocycles. The molecule has 4 rings (SSSR count). The number of nitrogens with zero attached hydrogens (tertiary/aromatic N) is 2. The van der Waals surface area contributed by atoms with Gasteiger partial charge >= 0.3 is 0 Å². The minimum atomic E-state index is -0.390. The fourth-order valence-electron chi connectivity index (χ4n) is 4.34. The Bertz CT molecular complexity index is 955. The van der Waals surface area contributed by atoms with Gasteiger partial charge in [0.2, 0.25) is 5.91 Å². The lowest BCUT2D eigenvalue weighted by atomic mass is 9.96. The van der Waals surface area contributed by atoms with Crippen LogP contribution >= 0.6 is 11.6 Å². The lowest BCUT2D eigenvalue weighted by Gasteiger charge is -2.42. The van der Waals surface area contributed by atoms with Gasteiger partial charge in [-0.25, -0.2) is 0 Å². The van der Waals surface area contributed by atoms with Crippen molar-refractivity contribution < 1.29 is 4.79 Å². The second-order valence-electron chi connectivity index (χ2n) is 7.65. The highest BCUT2D eigenvalue weighted by Crippen LogP contribution is 2.32. The van der Waals surface area contributed by atoms with Gasteiger partial charge < -0.3 is 5.73 Å². The van der Waals surface area contributed by atoms with E-state index in [4.69, 9.17) is 17.3 Å². The summed E-state index contributed by atoms with van der Waals surface area (Å²) in [5.74, 6) is -0.299. The average molecular weight is 420 g/mol. The van der Waals surface area contributed by atoms with Crippen molar-refractivity contribution in [3.63, 3.8) is 0 Å². The van der Waals surface area contributed by atoms with Gasteiger partial charge in [0, 0.05) is 31.2 Å². The Balaban J connectivity index is 1.55. The van der Waals surface area contributed by atoms with E-state index < -0.39 is 0 Å². The van der Waals surface area contributed by atoms with E-state index in [0.29, 0.717) is 0 Å². The number of amides is 1. The molecular formula is C25H26ClN3O. The molecule has 4 nitrogen and oxygen atoms in total. The van der Waals surface area contributed by atoms with Crippen LogP contribution < -0.4 is 5.73 Å². The second kappa shape index (κ2) is 9.43. The average Bonchev–Trinajstić information content (AvgIpc) is 2.78. The van der Waals surface area contributed by atoms with Crippen LogP contribution in [0.3, 0.4) is 0 Å². The predicted octanol–water partition coefficient (Wildman–Crippen LogP) is 4.27. The van der Waals surface area contributed by atoms with E-state index in [-0.39, 0.29) is 18.0 Å². The maximum Gasteiger partial charge on any atom is 0.239 e. The van der Waals surface area contributed by atoms with Crippen LogP contribution in [0.4, 0.5) is 0 Å². The van der Waals surface area contributed by atoms with Crippen LogP contribution in [0.25, 0.3) is 0 Å². The lowest BCUT2D eigenvalue weighted by molar-refractivity contribution is -0.124. The number of halogens is 1. The van der Waals surface area contributed by atoms with Crippen LogP contribution in [0.2, 0.25) is 5.02 Å². The number of carbonyl (C=O) groups is 1. The summed E-state index contributed by atoms with van der Waals surface area (Å²) in [7, 11) is 0. The van der Waals surface area contributed by atoms with E-state index in [0.717, 1.165) is 36.8 Å². The molecule has 0 saturated carbocycles. The standard InChI is InChI=1S/C25H26ClN3O/c26-22-13-11-21(12-14-22)23(19-7-3-1-4-8-19)28-15-17-29(18-16-28)24(25(27)30)20-9-5-2-6-10-20/h1-14,23-24H,15-18H2,(H2,27,30). The van der Waals surface area contributed by atoms with E-state index in [1.165, 1.54) is 11.1 Å². The van der Waals surface area contributed by atoms with Crippen LogP contribution in [0.15, 0.2) is 84.9 Å². The molecule has 30 heavy (non-hydrogen) atoms. The van der Waals surface area contributed by atoms with E-state index in [9.17, 15) is 4.79 Å². The van der Waals surface area contributed by atoms with Crippen molar-refractivity contribution in [2.75, 3.05) is 26.2 Å². The molecule has 3 aromatic rings. The van der Waals surface area contributed by atoms with Gasteiger partial charge in [-0.15, -0.1) is 0 Å². The minimum absolute atomic E-state index is 0.148. The Morgan fingerprint density at radius 2 is 1.17 bits per heavy atom. The number of rotatable bonds is 6. The Kier molecular flexibility index (Phi) is 6.48. The number of hydrogen-bond donors (Lipinski definition) is 1. The Morgan fingerprint density at radius 3 is 1.70 bits per heavy atom. The molecule has 1 fully saturated rings. The van der Waals surface area contributed by atoms with Crippen molar-refractivity contribution in [1.29, 1.82) is 0 Å². The smallest absolute Gasteiger partial charge is 0.239 e. The normalized spacial score (nSPS) is 17.4. The molecule has 0 bridgehead atoms. The Morgan fingerprint density at radius 1 is 0.700 bits per heavy atom. The van der Waals surface area contributed by atoms with Crippen molar-refractivity contribution in [2.45, 2.75) is 12.1 Å². The summed E-state index contributed by atoms with van der Waals surface area (Å²) in [4.78, 5) is 16.9. The fourth-order valence-corrected chi connectivity index (χ4v) is 4.46. The number of primary amides is 1. The summed E-state index contributed by atoms with van der Waals surface area (Å²) in [6.45, 7) is 3.25. The highest BCUT2D eigenvalue weighted by molar-refractivity contribution is 6.30. The van der Waals surface area contributed by atoms with Gasteiger partial charge in [0.25, 0.3) is 0 Å². The molecule has 1 amide bonds. The van der Waals surface area contributed by atoms with Crippen molar-refractivity contribution in [3.8, 4) is 0 Å². The first-order valence-corrected chi connectivity index (χ1v) is 10.6. The van der Waals surface area contributed by atoms with Gasteiger partial charge in [0.05, 0.1) is 6.04 Å². The summed E-state index contributed by atoms with van der Waals surface area (Å²) >= 11 is 6.13. The number of nitrogens with two attached hydrogens (primary N) is 1. The second-order valence-corrected chi connectivity index (χ2v) is 8.09. The molecule has 2 atom stereocenters. The van der Waals surface area contributed by atoms with E-state index in [1.54, 1.807) is 0 Å². The first-order valence-electron chi connectivity index (χ1n) is 10.3. The molecule has 0 aliphatic carbocycles. The molecular weight excluding hydrogens is 394 g/mol. The molecule has 5 heteroatoms. The van der Waals surface area contributed by atoms with Gasteiger partial charge in [-0.05, 0) is 28.8 Å². The first kappa shape index (κ1) is 20.6. The third kappa shape index (κ3) is 4.57. The summed E-state index contributed by atoms with van der Waals surface area (Å²) in [6.07, 6.45) is 0. The highest BCUT2D eigenvalue weighted by atomic mass is 35.5. The molecule has 0 radical (unpaired) electrons. The van der Waals surface area contributed by atoms with Crippen LogP contribution in [-0.2, 0) is 4.79 Å². The molecule has 1 saturated heterocycles. The van der Waals surface area contributed by atoms with Gasteiger partial charge in [-0.3, -0.25) is 14.6 Å². The molecule has 2 unspecified atom stereocenters.